The SMILES string of the molecule is CCCn1c(=O)c2[nH]c(-c3ccc(N(CC4CC4)C(=O)c4cccnc4)nc3)nc2n(CCC)c1=O. The Labute approximate surface area is 207 Å². The Balaban J connectivity index is 1.52. The molecule has 36 heavy (non-hydrogen) atoms. The van der Waals surface area contributed by atoms with E-state index < -0.39 is 0 Å². The van der Waals surface area contributed by atoms with E-state index in [1.54, 1.807) is 46.3 Å². The Bertz CT molecular complexity index is 1500. The number of fused-ring (bicyclic) bond motifs is 1. The lowest BCUT2D eigenvalue weighted by molar-refractivity contribution is 0.0984. The monoisotopic (exact) mass is 487 g/mol. The number of hydrogen-bond donors (Lipinski definition) is 1. The molecule has 0 saturated heterocycles. The fourth-order valence-electron chi connectivity index (χ4n) is 4.32. The highest BCUT2D eigenvalue weighted by molar-refractivity contribution is 6.05. The highest BCUT2D eigenvalue weighted by atomic mass is 16.2. The molecule has 1 N–H and O–H groups in total. The summed E-state index contributed by atoms with van der Waals surface area (Å²) in [7, 11) is 0. The molecule has 10 nitrogen and oxygen atoms in total. The maximum Gasteiger partial charge on any atom is 0.332 e. The van der Waals surface area contributed by atoms with Crippen molar-refractivity contribution in [2.45, 2.75) is 52.6 Å². The summed E-state index contributed by atoms with van der Waals surface area (Å²) in [6, 6.07) is 7.10. The molecular formula is C26H29N7O3. The van der Waals surface area contributed by atoms with Gasteiger partial charge < -0.3 is 4.98 Å². The highest BCUT2D eigenvalue weighted by Gasteiger charge is 2.29. The molecule has 0 atom stereocenters. The summed E-state index contributed by atoms with van der Waals surface area (Å²) in [5.74, 6) is 1.33. The molecule has 0 unspecified atom stereocenters. The number of carbonyl (C=O) groups excluding carboxylic acids is 1. The first-order chi connectivity index (χ1) is 17.5. The lowest BCUT2D eigenvalue weighted by atomic mass is 10.2. The van der Waals surface area contributed by atoms with Crippen LogP contribution in [0, 0.1) is 5.92 Å². The summed E-state index contributed by atoms with van der Waals surface area (Å²) in [6.07, 6.45) is 8.45. The van der Waals surface area contributed by atoms with Gasteiger partial charge in [0, 0.05) is 43.8 Å². The van der Waals surface area contributed by atoms with Crippen LogP contribution in [0.2, 0.25) is 0 Å². The first-order valence-corrected chi connectivity index (χ1v) is 12.4. The molecule has 4 heterocycles. The number of nitrogens with one attached hydrogen (secondary N) is 1. The van der Waals surface area contributed by atoms with Crippen LogP contribution >= 0.6 is 0 Å². The molecule has 186 valence electrons. The Morgan fingerprint density at radius 3 is 2.50 bits per heavy atom. The van der Waals surface area contributed by atoms with Crippen LogP contribution in [0.4, 0.5) is 5.82 Å². The third-order valence-corrected chi connectivity index (χ3v) is 6.34. The first kappa shape index (κ1) is 23.7. The van der Waals surface area contributed by atoms with Gasteiger partial charge in [0.1, 0.15) is 17.2 Å². The number of pyridine rings is 2. The van der Waals surface area contributed by atoms with E-state index in [0.717, 1.165) is 19.3 Å². The van der Waals surface area contributed by atoms with Crippen molar-refractivity contribution >= 4 is 22.9 Å². The number of hydrogen-bond acceptors (Lipinski definition) is 6. The predicted octanol–water partition coefficient (Wildman–Crippen LogP) is 3.22. The number of aromatic amines is 1. The summed E-state index contributed by atoms with van der Waals surface area (Å²) in [6.45, 7) is 5.32. The molecule has 0 aliphatic heterocycles. The van der Waals surface area contributed by atoms with E-state index in [2.05, 4.69) is 19.9 Å². The van der Waals surface area contributed by atoms with Gasteiger partial charge in [0.05, 0.1) is 5.56 Å². The van der Waals surface area contributed by atoms with Gasteiger partial charge in [0.25, 0.3) is 11.5 Å². The molecule has 10 heteroatoms. The van der Waals surface area contributed by atoms with Crippen molar-refractivity contribution in [3.05, 3.63) is 69.3 Å². The van der Waals surface area contributed by atoms with E-state index in [-0.39, 0.29) is 17.2 Å². The molecule has 0 bridgehead atoms. The second-order valence-corrected chi connectivity index (χ2v) is 9.18. The van der Waals surface area contributed by atoms with Gasteiger partial charge in [-0.2, -0.15) is 0 Å². The fourth-order valence-corrected chi connectivity index (χ4v) is 4.32. The van der Waals surface area contributed by atoms with Crippen LogP contribution in [0.25, 0.3) is 22.6 Å². The van der Waals surface area contributed by atoms with Gasteiger partial charge >= 0.3 is 5.69 Å². The summed E-state index contributed by atoms with van der Waals surface area (Å²) >= 11 is 0. The number of amides is 1. The number of aryl methyl sites for hydroxylation is 1. The van der Waals surface area contributed by atoms with Crippen LogP contribution in [0.15, 0.2) is 52.4 Å². The molecular weight excluding hydrogens is 458 g/mol. The fraction of sp³-hybridized carbons (Fsp3) is 0.385. The largest absolute Gasteiger partial charge is 0.332 e. The lowest BCUT2D eigenvalue weighted by Gasteiger charge is -2.21. The van der Waals surface area contributed by atoms with Gasteiger partial charge in [-0.25, -0.2) is 14.8 Å². The van der Waals surface area contributed by atoms with Crippen LogP contribution in [0.5, 0.6) is 0 Å². The predicted molar refractivity (Wildman–Crippen MR) is 137 cm³/mol. The van der Waals surface area contributed by atoms with Gasteiger partial charge in [-0.1, -0.05) is 13.8 Å². The number of anilines is 1. The molecule has 1 amide bonds. The van der Waals surface area contributed by atoms with Crippen LogP contribution in [0.1, 0.15) is 49.9 Å². The lowest BCUT2D eigenvalue weighted by Crippen LogP contribution is -2.40. The molecule has 5 rings (SSSR count). The first-order valence-electron chi connectivity index (χ1n) is 12.4. The zero-order chi connectivity index (χ0) is 25.2. The Morgan fingerprint density at radius 2 is 1.86 bits per heavy atom. The summed E-state index contributed by atoms with van der Waals surface area (Å²) in [4.78, 5) is 57.2. The van der Waals surface area contributed by atoms with Crippen molar-refractivity contribution in [3.63, 3.8) is 0 Å². The van der Waals surface area contributed by atoms with Crippen LogP contribution in [-0.4, -0.2) is 41.5 Å². The summed E-state index contributed by atoms with van der Waals surface area (Å²) in [5, 5.41) is 0. The van der Waals surface area contributed by atoms with Gasteiger partial charge in [-0.3, -0.25) is 28.6 Å². The summed E-state index contributed by atoms with van der Waals surface area (Å²) < 4.78 is 2.82. The minimum atomic E-state index is -0.370. The highest BCUT2D eigenvalue weighted by Crippen LogP contribution is 2.32. The van der Waals surface area contributed by atoms with Crippen molar-refractivity contribution in [3.8, 4) is 11.4 Å². The average molecular weight is 488 g/mol. The molecule has 0 aromatic carbocycles. The maximum absolute atomic E-state index is 13.2. The normalized spacial score (nSPS) is 13.3. The van der Waals surface area contributed by atoms with E-state index in [1.807, 2.05) is 19.9 Å². The quantitative estimate of drug-likeness (QED) is 0.387. The number of rotatable bonds is 9. The zero-order valence-electron chi connectivity index (χ0n) is 20.5. The number of aromatic nitrogens is 6. The Kier molecular flexibility index (Phi) is 6.49. The topological polar surface area (TPSA) is 119 Å². The minimum Gasteiger partial charge on any atom is -0.332 e. The van der Waals surface area contributed by atoms with E-state index in [0.29, 0.717) is 65.9 Å². The third-order valence-electron chi connectivity index (χ3n) is 6.34. The van der Waals surface area contributed by atoms with Crippen molar-refractivity contribution in [2.24, 2.45) is 5.92 Å². The molecule has 1 saturated carbocycles. The average Bonchev–Trinajstić information content (AvgIpc) is 3.63. The molecule has 1 aliphatic rings. The Hall–Kier alpha value is -4.08. The molecule has 4 aromatic rings. The number of imidazole rings is 1. The smallest absolute Gasteiger partial charge is 0.332 e. The van der Waals surface area contributed by atoms with E-state index in [1.165, 1.54) is 4.57 Å². The second kappa shape index (κ2) is 9.88. The van der Waals surface area contributed by atoms with Gasteiger partial charge in [0.15, 0.2) is 5.65 Å². The van der Waals surface area contributed by atoms with Crippen LogP contribution in [0.3, 0.4) is 0 Å². The summed E-state index contributed by atoms with van der Waals surface area (Å²) in [5.41, 5.74) is 1.11. The maximum atomic E-state index is 13.2. The van der Waals surface area contributed by atoms with Gasteiger partial charge in [0.2, 0.25) is 0 Å². The second-order valence-electron chi connectivity index (χ2n) is 9.18. The third kappa shape index (κ3) is 4.46. The van der Waals surface area contributed by atoms with Gasteiger partial charge in [-0.05, 0) is 55.9 Å². The Morgan fingerprint density at radius 1 is 1.08 bits per heavy atom. The molecule has 1 fully saturated rings. The molecule has 0 radical (unpaired) electrons. The number of carbonyl (C=O) groups is 1. The van der Waals surface area contributed by atoms with Crippen molar-refractivity contribution in [2.75, 3.05) is 11.4 Å². The zero-order valence-corrected chi connectivity index (χ0v) is 20.5. The molecule has 1 aliphatic carbocycles. The molecule has 4 aromatic heterocycles. The molecule has 0 spiro atoms. The van der Waals surface area contributed by atoms with E-state index in [4.69, 9.17) is 0 Å². The van der Waals surface area contributed by atoms with Crippen LogP contribution in [-0.2, 0) is 13.1 Å². The number of H-pyrrole nitrogens is 1. The van der Waals surface area contributed by atoms with Crippen molar-refractivity contribution in [1.29, 1.82) is 0 Å². The van der Waals surface area contributed by atoms with E-state index >= 15 is 0 Å². The van der Waals surface area contributed by atoms with Gasteiger partial charge in [-0.15, -0.1) is 0 Å². The van der Waals surface area contributed by atoms with E-state index in [9.17, 15) is 14.4 Å². The van der Waals surface area contributed by atoms with Crippen molar-refractivity contribution < 1.29 is 4.79 Å². The van der Waals surface area contributed by atoms with Crippen molar-refractivity contribution in [1.82, 2.24) is 29.1 Å². The van der Waals surface area contributed by atoms with Crippen LogP contribution < -0.4 is 16.1 Å². The minimum absolute atomic E-state index is 0.140. The standard InChI is InChI=1S/C26H29N7O3/c1-3-12-31-23-21(25(35)32(13-4-2)26(31)36)29-22(30-23)18-9-10-20(28-15-18)33(16-17-7-8-17)24(34)19-6-5-11-27-14-19/h5-6,9-11,14-15,17H,3-4,7-8,12-13,16H2,1-2H3,(H,29,30). The number of nitrogens with zero attached hydrogens (tertiary/aromatic N) is 6.